The van der Waals surface area contributed by atoms with Crippen LogP contribution in [0, 0.1) is 6.42 Å². The van der Waals surface area contributed by atoms with Gasteiger partial charge in [-0.05, 0) is 43.5 Å². The molecule has 1 radical (unpaired) electrons. The molecule has 26 heavy (non-hydrogen) atoms. The van der Waals surface area contributed by atoms with Crippen molar-refractivity contribution in [2.24, 2.45) is 5.73 Å². The number of hydrogen-bond acceptors (Lipinski definition) is 4. The number of nitrogens with two attached hydrogens (primary N) is 1. The molecule has 1 atom stereocenters. The van der Waals surface area contributed by atoms with Crippen molar-refractivity contribution in [3.8, 4) is 0 Å². The average molecular weight is 357 g/mol. The molecule has 8 heteroatoms. The van der Waals surface area contributed by atoms with Crippen molar-refractivity contribution in [1.29, 1.82) is 0 Å². The van der Waals surface area contributed by atoms with E-state index in [1.54, 1.807) is 26.8 Å². The number of amides is 4. The van der Waals surface area contributed by atoms with Crippen LogP contribution in [0.1, 0.15) is 12.8 Å². The van der Waals surface area contributed by atoms with E-state index in [0.717, 1.165) is 18.5 Å². The molecule has 3 saturated heterocycles. The standard InChI is InChI=1S/C18H21N4O4/c19-16(24)18-7-1-2-8-22(18)17(25)21(12-18)14-5-3-13(4-6-14)20-9-10-26-11-15(20)23/h3-7H,1-2,8-12H2,(H2,19,24)/t18-/m1/s1. The van der Waals surface area contributed by atoms with Gasteiger partial charge in [-0.2, -0.15) is 0 Å². The second kappa shape index (κ2) is 6.28. The Labute approximate surface area is 151 Å². The van der Waals surface area contributed by atoms with E-state index < -0.39 is 11.4 Å². The first-order valence-corrected chi connectivity index (χ1v) is 8.74. The molecule has 1 aromatic carbocycles. The Morgan fingerprint density at radius 1 is 1.08 bits per heavy atom. The van der Waals surface area contributed by atoms with Crippen molar-refractivity contribution in [3.63, 3.8) is 0 Å². The molecule has 2 N–H and O–H groups in total. The lowest BCUT2D eigenvalue weighted by Crippen LogP contribution is -2.59. The molecule has 4 rings (SSSR count). The summed E-state index contributed by atoms with van der Waals surface area (Å²) in [4.78, 5) is 41.7. The Morgan fingerprint density at radius 2 is 1.77 bits per heavy atom. The molecular formula is C18H21N4O4. The normalized spacial score (nSPS) is 26.2. The van der Waals surface area contributed by atoms with Gasteiger partial charge >= 0.3 is 6.03 Å². The number of anilines is 2. The molecular weight excluding hydrogens is 336 g/mol. The van der Waals surface area contributed by atoms with Gasteiger partial charge in [0.05, 0.1) is 13.2 Å². The van der Waals surface area contributed by atoms with Crippen molar-refractivity contribution in [2.75, 3.05) is 42.6 Å². The van der Waals surface area contributed by atoms with Gasteiger partial charge in [0.1, 0.15) is 12.1 Å². The summed E-state index contributed by atoms with van der Waals surface area (Å²) < 4.78 is 5.14. The third-order valence-electron chi connectivity index (χ3n) is 5.30. The van der Waals surface area contributed by atoms with Gasteiger partial charge in [0, 0.05) is 24.5 Å². The van der Waals surface area contributed by atoms with E-state index in [-0.39, 0.29) is 25.1 Å². The molecule has 0 spiro atoms. The predicted octanol–water partition coefficient (Wildman–Crippen LogP) is 0.514. The number of urea groups is 1. The van der Waals surface area contributed by atoms with E-state index in [2.05, 4.69) is 0 Å². The Kier molecular flexibility index (Phi) is 4.07. The number of piperidine rings is 1. The summed E-state index contributed by atoms with van der Waals surface area (Å²) in [5.74, 6) is -0.579. The smallest absolute Gasteiger partial charge is 0.325 e. The minimum atomic E-state index is -1.03. The second-order valence-corrected chi connectivity index (χ2v) is 6.77. The van der Waals surface area contributed by atoms with Gasteiger partial charge in [0.15, 0.2) is 0 Å². The van der Waals surface area contributed by atoms with Gasteiger partial charge < -0.3 is 20.3 Å². The summed E-state index contributed by atoms with van der Waals surface area (Å²) >= 11 is 0. The maximum Gasteiger partial charge on any atom is 0.325 e. The molecule has 0 aliphatic carbocycles. The second-order valence-electron chi connectivity index (χ2n) is 6.77. The summed E-state index contributed by atoms with van der Waals surface area (Å²) in [6.45, 7) is 1.84. The molecule has 1 aromatic rings. The Balaban J connectivity index is 1.59. The molecule has 8 nitrogen and oxygen atoms in total. The van der Waals surface area contributed by atoms with Crippen molar-refractivity contribution in [2.45, 2.75) is 18.4 Å². The molecule has 0 bridgehead atoms. The zero-order chi connectivity index (χ0) is 18.3. The SMILES string of the molecule is NC(=O)[C@]12[CH]CCCN1C(=O)N(c1ccc(N3CCOCC3=O)cc1)C2. The van der Waals surface area contributed by atoms with Crippen LogP contribution in [0.15, 0.2) is 24.3 Å². The van der Waals surface area contributed by atoms with Crippen molar-refractivity contribution >= 4 is 29.2 Å². The summed E-state index contributed by atoms with van der Waals surface area (Å²) in [5.41, 5.74) is 6.05. The van der Waals surface area contributed by atoms with E-state index >= 15 is 0 Å². The monoisotopic (exact) mass is 357 g/mol. The fourth-order valence-electron chi connectivity index (χ4n) is 3.89. The number of rotatable bonds is 3. The third kappa shape index (κ3) is 2.52. The topological polar surface area (TPSA) is 96.2 Å². The largest absolute Gasteiger partial charge is 0.370 e. The summed E-state index contributed by atoms with van der Waals surface area (Å²) in [6.07, 6.45) is 3.45. The van der Waals surface area contributed by atoms with Gasteiger partial charge in [0.2, 0.25) is 5.91 Å². The zero-order valence-corrected chi connectivity index (χ0v) is 14.4. The van der Waals surface area contributed by atoms with E-state index in [9.17, 15) is 14.4 Å². The van der Waals surface area contributed by atoms with Crippen LogP contribution in [0.2, 0.25) is 0 Å². The molecule has 3 aliphatic heterocycles. The van der Waals surface area contributed by atoms with Crippen molar-refractivity contribution in [3.05, 3.63) is 30.7 Å². The maximum absolute atomic E-state index is 12.8. The molecule has 0 aromatic heterocycles. The van der Waals surface area contributed by atoms with Crippen molar-refractivity contribution in [1.82, 2.24) is 4.90 Å². The van der Waals surface area contributed by atoms with E-state index in [4.69, 9.17) is 10.5 Å². The highest BCUT2D eigenvalue weighted by Crippen LogP contribution is 2.37. The number of benzene rings is 1. The van der Waals surface area contributed by atoms with E-state index in [1.165, 1.54) is 0 Å². The fourth-order valence-corrected chi connectivity index (χ4v) is 3.89. The lowest BCUT2D eigenvalue weighted by molar-refractivity contribution is -0.126. The molecule has 3 fully saturated rings. The lowest BCUT2D eigenvalue weighted by Gasteiger charge is -2.37. The van der Waals surface area contributed by atoms with Crippen LogP contribution >= 0.6 is 0 Å². The van der Waals surface area contributed by atoms with Crippen LogP contribution in [0.3, 0.4) is 0 Å². The quantitative estimate of drug-likeness (QED) is 0.853. The van der Waals surface area contributed by atoms with Gasteiger partial charge in [-0.1, -0.05) is 0 Å². The third-order valence-corrected chi connectivity index (χ3v) is 5.30. The van der Waals surface area contributed by atoms with Crippen LogP contribution in [-0.2, 0) is 14.3 Å². The first-order chi connectivity index (χ1) is 12.5. The van der Waals surface area contributed by atoms with Crippen molar-refractivity contribution < 1.29 is 19.1 Å². The molecule has 3 aliphatic rings. The van der Waals surface area contributed by atoms with Gasteiger partial charge in [-0.25, -0.2) is 4.79 Å². The lowest BCUT2D eigenvalue weighted by atomic mass is 9.87. The number of nitrogens with zero attached hydrogens (tertiary/aromatic N) is 3. The van der Waals surface area contributed by atoms with Gasteiger partial charge in [0.25, 0.3) is 5.91 Å². The Hall–Kier alpha value is -2.61. The number of ether oxygens (including phenoxy) is 1. The van der Waals surface area contributed by atoms with Crippen LogP contribution < -0.4 is 15.5 Å². The highest BCUT2D eigenvalue weighted by Gasteiger charge is 2.55. The van der Waals surface area contributed by atoms with Crippen LogP contribution in [0.25, 0.3) is 0 Å². The zero-order valence-electron chi connectivity index (χ0n) is 14.4. The summed E-state index contributed by atoms with van der Waals surface area (Å²) in [5, 5.41) is 0. The minimum Gasteiger partial charge on any atom is -0.370 e. The number of carbonyl (C=O) groups excluding carboxylic acids is 3. The van der Waals surface area contributed by atoms with Gasteiger partial charge in [-0.15, -0.1) is 0 Å². The van der Waals surface area contributed by atoms with E-state index in [1.807, 2.05) is 18.6 Å². The number of fused-ring (bicyclic) bond motifs is 1. The predicted molar refractivity (Wildman–Crippen MR) is 94.5 cm³/mol. The minimum absolute atomic E-state index is 0.0816. The Morgan fingerprint density at radius 3 is 2.38 bits per heavy atom. The number of primary amides is 1. The molecule has 3 heterocycles. The molecule has 4 amide bonds. The number of morpholine rings is 1. The van der Waals surface area contributed by atoms with Gasteiger partial charge in [-0.3, -0.25) is 14.5 Å². The van der Waals surface area contributed by atoms with Crippen LogP contribution in [-0.4, -0.2) is 61.1 Å². The summed E-state index contributed by atoms with van der Waals surface area (Å²) in [7, 11) is 0. The van der Waals surface area contributed by atoms with E-state index in [0.29, 0.717) is 25.4 Å². The summed E-state index contributed by atoms with van der Waals surface area (Å²) in [6, 6.07) is 7.00. The Bertz CT molecular complexity index is 750. The number of carbonyl (C=O) groups is 3. The fraction of sp³-hybridized carbons (Fsp3) is 0.444. The van der Waals surface area contributed by atoms with Crippen LogP contribution in [0.4, 0.5) is 16.2 Å². The highest BCUT2D eigenvalue weighted by atomic mass is 16.5. The number of hydrogen-bond donors (Lipinski definition) is 1. The van der Waals surface area contributed by atoms with Crippen LogP contribution in [0.5, 0.6) is 0 Å². The molecule has 137 valence electrons. The first kappa shape index (κ1) is 16.8. The maximum atomic E-state index is 12.8. The molecule has 0 unspecified atom stereocenters. The first-order valence-electron chi connectivity index (χ1n) is 8.74. The average Bonchev–Trinajstić information content (AvgIpc) is 2.97. The molecule has 0 saturated carbocycles. The highest BCUT2D eigenvalue weighted by molar-refractivity contribution is 6.04.